The van der Waals surface area contributed by atoms with Crippen LogP contribution in [0.2, 0.25) is 17.6 Å². The van der Waals surface area contributed by atoms with Gasteiger partial charge in [0.2, 0.25) is 0 Å². The maximum Gasteiger partial charge on any atom is 0.194 e. The fourth-order valence-corrected chi connectivity index (χ4v) is 6.16. The molecule has 0 heterocycles. The normalized spacial score (nSPS) is 14.4. The summed E-state index contributed by atoms with van der Waals surface area (Å²) in [4.78, 5) is 0. The van der Waals surface area contributed by atoms with Crippen LogP contribution in [-0.4, -0.2) is 21.5 Å². The van der Waals surface area contributed by atoms with Crippen molar-refractivity contribution in [3.8, 4) is 0 Å². The SMILES string of the molecule is CCO[Si](CC)(CC)C(C)CCCN. The fraction of sp³-hybridized carbons (Fsp3) is 1.00. The van der Waals surface area contributed by atoms with Gasteiger partial charge in [0.05, 0.1) is 0 Å². The van der Waals surface area contributed by atoms with Crippen LogP contribution in [-0.2, 0) is 4.43 Å². The molecular formula is C11H27NOSi. The van der Waals surface area contributed by atoms with E-state index in [1.165, 1.54) is 18.5 Å². The smallest absolute Gasteiger partial charge is 0.194 e. The molecule has 0 aromatic rings. The van der Waals surface area contributed by atoms with E-state index in [1.807, 2.05) is 0 Å². The molecule has 1 atom stereocenters. The van der Waals surface area contributed by atoms with Crippen LogP contribution in [0, 0.1) is 0 Å². The minimum atomic E-state index is -1.44. The molecule has 0 aliphatic heterocycles. The summed E-state index contributed by atoms with van der Waals surface area (Å²) in [7, 11) is -1.44. The Balaban J connectivity index is 4.28. The molecule has 0 aliphatic carbocycles. The van der Waals surface area contributed by atoms with E-state index < -0.39 is 8.32 Å². The Bertz CT molecular complexity index is 137. The van der Waals surface area contributed by atoms with Crippen LogP contribution in [0.15, 0.2) is 0 Å². The second kappa shape index (κ2) is 7.43. The van der Waals surface area contributed by atoms with Crippen molar-refractivity contribution in [3.63, 3.8) is 0 Å². The lowest BCUT2D eigenvalue weighted by atomic mass is 10.2. The van der Waals surface area contributed by atoms with Crippen molar-refractivity contribution in [2.45, 2.75) is 58.2 Å². The zero-order chi connectivity index (χ0) is 11.0. The van der Waals surface area contributed by atoms with Gasteiger partial charge in [0.25, 0.3) is 0 Å². The number of nitrogens with two attached hydrogens (primary N) is 1. The lowest BCUT2D eigenvalue weighted by Gasteiger charge is -2.35. The van der Waals surface area contributed by atoms with Gasteiger partial charge >= 0.3 is 0 Å². The van der Waals surface area contributed by atoms with E-state index in [2.05, 4.69) is 27.7 Å². The van der Waals surface area contributed by atoms with Gasteiger partial charge in [-0.2, -0.15) is 0 Å². The lowest BCUT2D eigenvalue weighted by molar-refractivity contribution is 0.309. The molecule has 2 N–H and O–H groups in total. The second-order valence-electron chi connectivity index (χ2n) is 4.04. The molecule has 0 bridgehead atoms. The van der Waals surface area contributed by atoms with Crippen molar-refractivity contribution in [1.29, 1.82) is 0 Å². The Morgan fingerprint density at radius 3 is 2.14 bits per heavy atom. The molecule has 1 unspecified atom stereocenters. The molecule has 0 saturated heterocycles. The largest absolute Gasteiger partial charge is 0.417 e. The zero-order valence-corrected chi connectivity index (χ0v) is 11.3. The van der Waals surface area contributed by atoms with Crippen molar-refractivity contribution in [2.75, 3.05) is 13.2 Å². The first-order chi connectivity index (χ1) is 6.66. The predicted molar refractivity (Wildman–Crippen MR) is 66.1 cm³/mol. The molecule has 0 aromatic heterocycles. The molecule has 0 rings (SSSR count). The Kier molecular flexibility index (Phi) is 7.50. The van der Waals surface area contributed by atoms with E-state index in [4.69, 9.17) is 10.2 Å². The van der Waals surface area contributed by atoms with Crippen molar-refractivity contribution >= 4 is 8.32 Å². The minimum absolute atomic E-state index is 0.751. The summed E-state index contributed by atoms with van der Waals surface area (Å²) in [5.74, 6) is 0. The highest BCUT2D eigenvalue weighted by atomic mass is 28.4. The van der Waals surface area contributed by atoms with Crippen LogP contribution in [0.3, 0.4) is 0 Å². The van der Waals surface area contributed by atoms with E-state index in [-0.39, 0.29) is 0 Å². The molecule has 0 amide bonds. The van der Waals surface area contributed by atoms with Gasteiger partial charge in [0.1, 0.15) is 0 Å². The highest BCUT2D eigenvalue weighted by molar-refractivity contribution is 6.75. The molecule has 0 saturated carbocycles. The summed E-state index contributed by atoms with van der Waals surface area (Å²) >= 11 is 0. The van der Waals surface area contributed by atoms with Crippen molar-refractivity contribution < 1.29 is 4.43 Å². The van der Waals surface area contributed by atoms with Crippen molar-refractivity contribution in [2.24, 2.45) is 5.73 Å². The highest BCUT2D eigenvalue weighted by Gasteiger charge is 2.36. The first kappa shape index (κ1) is 14.1. The Morgan fingerprint density at radius 2 is 1.79 bits per heavy atom. The minimum Gasteiger partial charge on any atom is -0.417 e. The molecule has 0 fully saturated rings. The Labute approximate surface area is 90.3 Å². The van der Waals surface area contributed by atoms with E-state index in [0.717, 1.165) is 25.1 Å². The van der Waals surface area contributed by atoms with Gasteiger partial charge < -0.3 is 10.2 Å². The third-order valence-corrected chi connectivity index (χ3v) is 8.71. The van der Waals surface area contributed by atoms with Gasteiger partial charge in [-0.05, 0) is 43.9 Å². The van der Waals surface area contributed by atoms with Gasteiger partial charge in [0, 0.05) is 6.61 Å². The summed E-state index contributed by atoms with van der Waals surface area (Å²) in [6, 6.07) is 2.48. The van der Waals surface area contributed by atoms with Gasteiger partial charge in [-0.3, -0.25) is 0 Å². The molecule has 86 valence electrons. The molecular weight excluding hydrogens is 190 g/mol. The maximum absolute atomic E-state index is 6.08. The summed E-state index contributed by atoms with van der Waals surface area (Å²) < 4.78 is 6.08. The number of hydrogen-bond donors (Lipinski definition) is 1. The van der Waals surface area contributed by atoms with Gasteiger partial charge in [-0.15, -0.1) is 0 Å². The van der Waals surface area contributed by atoms with Crippen LogP contribution in [0.5, 0.6) is 0 Å². The van der Waals surface area contributed by atoms with Gasteiger partial charge in [-0.25, -0.2) is 0 Å². The third kappa shape index (κ3) is 3.71. The van der Waals surface area contributed by atoms with Crippen molar-refractivity contribution in [1.82, 2.24) is 0 Å². The molecule has 3 heteroatoms. The Morgan fingerprint density at radius 1 is 1.21 bits per heavy atom. The Hall–Kier alpha value is 0.137. The predicted octanol–water partition coefficient (Wildman–Crippen LogP) is 3.14. The topological polar surface area (TPSA) is 35.2 Å². The van der Waals surface area contributed by atoms with E-state index >= 15 is 0 Å². The van der Waals surface area contributed by atoms with Gasteiger partial charge in [-0.1, -0.05) is 20.8 Å². The van der Waals surface area contributed by atoms with Crippen LogP contribution >= 0.6 is 0 Å². The summed E-state index contributed by atoms with van der Waals surface area (Å²) in [5, 5.41) is 0. The number of hydrogen-bond acceptors (Lipinski definition) is 2. The average molecular weight is 217 g/mol. The molecule has 2 nitrogen and oxygen atoms in total. The van der Waals surface area contributed by atoms with Crippen LogP contribution in [0.4, 0.5) is 0 Å². The zero-order valence-electron chi connectivity index (χ0n) is 10.3. The summed E-state index contributed by atoms with van der Waals surface area (Å²) in [6.07, 6.45) is 2.38. The number of rotatable bonds is 8. The van der Waals surface area contributed by atoms with E-state index in [9.17, 15) is 0 Å². The molecule has 0 spiro atoms. The van der Waals surface area contributed by atoms with Gasteiger partial charge in [0.15, 0.2) is 8.32 Å². The quantitative estimate of drug-likeness (QED) is 0.634. The molecule has 14 heavy (non-hydrogen) atoms. The molecule has 0 radical (unpaired) electrons. The molecule has 0 aromatic carbocycles. The molecule has 0 aliphatic rings. The standard InChI is InChI=1S/C11H27NOSi/c1-5-13-14(6-2,7-3)11(4)9-8-10-12/h11H,5-10,12H2,1-4H3. The summed E-state index contributed by atoms with van der Waals surface area (Å²) in [6.45, 7) is 10.7. The van der Waals surface area contributed by atoms with Crippen LogP contribution < -0.4 is 5.73 Å². The third-order valence-electron chi connectivity index (χ3n) is 3.37. The van der Waals surface area contributed by atoms with E-state index in [0.29, 0.717) is 0 Å². The van der Waals surface area contributed by atoms with Crippen LogP contribution in [0.1, 0.15) is 40.5 Å². The lowest BCUT2D eigenvalue weighted by Crippen LogP contribution is -2.41. The highest BCUT2D eigenvalue weighted by Crippen LogP contribution is 2.33. The summed E-state index contributed by atoms with van der Waals surface area (Å²) in [5.41, 5.74) is 6.30. The van der Waals surface area contributed by atoms with E-state index in [1.54, 1.807) is 0 Å². The van der Waals surface area contributed by atoms with Crippen molar-refractivity contribution in [3.05, 3.63) is 0 Å². The maximum atomic E-state index is 6.08. The monoisotopic (exact) mass is 217 g/mol. The second-order valence-corrected chi connectivity index (χ2v) is 8.85. The first-order valence-corrected chi connectivity index (χ1v) is 8.40. The first-order valence-electron chi connectivity index (χ1n) is 6.00. The fourth-order valence-electron chi connectivity index (χ4n) is 2.27. The van der Waals surface area contributed by atoms with Crippen LogP contribution in [0.25, 0.3) is 0 Å². The average Bonchev–Trinajstić information content (AvgIpc) is 2.22.